The van der Waals surface area contributed by atoms with Crippen molar-refractivity contribution in [2.45, 2.75) is 57.2 Å². The second-order valence-electron chi connectivity index (χ2n) is 11.0. The van der Waals surface area contributed by atoms with Crippen molar-refractivity contribution in [3.63, 3.8) is 0 Å². The van der Waals surface area contributed by atoms with Crippen molar-refractivity contribution in [3.05, 3.63) is 95.6 Å². The molecular formula is C35H36F3NO7. The topological polar surface area (TPSA) is 108 Å². The van der Waals surface area contributed by atoms with Gasteiger partial charge in [0.15, 0.2) is 0 Å². The fourth-order valence-electron chi connectivity index (χ4n) is 5.56. The van der Waals surface area contributed by atoms with Crippen molar-refractivity contribution >= 4 is 23.8 Å². The molecule has 244 valence electrons. The molecule has 0 aromatic heterocycles. The summed E-state index contributed by atoms with van der Waals surface area (Å²) in [4.78, 5) is 52.9. The Hall–Kier alpha value is -4.67. The van der Waals surface area contributed by atoms with E-state index in [1.807, 2.05) is 0 Å². The van der Waals surface area contributed by atoms with Crippen LogP contribution in [0.25, 0.3) is 11.1 Å². The van der Waals surface area contributed by atoms with E-state index in [0.29, 0.717) is 42.4 Å². The van der Waals surface area contributed by atoms with E-state index in [4.69, 9.17) is 14.2 Å². The summed E-state index contributed by atoms with van der Waals surface area (Å²) < 4.78 is 55.2. The Kier molecular flexibility index (Phi) is 11.2. The lowest BCUT2D eigenvalue weighted by Gasteiger charge is -2.31. The first kappa shape index (κ1) is 34.2. The van der Waals surface area contributed by atoms with Crippen LogP contribution in [-0.4, -0.2) is 49.7 Å². The van der Waals surface area contributed by atoms with Crippen LogP contribution in [-0.2, 0) is 40.2 Å². The summed E-state index contributed by atoms with van der Waals surface area (Å²) in [6.45, 7) is 2.63. The van der Waals surface area contributed by atoms with Gasteiger partial charge in [-0.25, -0.2) is 0 Å². The van der Waals surface area contributed by atoms with Gasteiger partial charge < -0.3 is 19.5 Å². The minimum absolute atomic E-state index is 0.00527. The number of nitrogens with one attached hydrogen (secondary N) is 1. The molecule has 0 saturated heterocycles. The maximum atomic E-state index is 13.3. The lowest BCUT2D eigenvalue weighted by atomic mass is 9.80. The fraction of sp³-hybridized carbons (Fsp3) is 0.371. The molecule has 1 amide bonds. The summed E-state index contributed by atoms with van der Waals surface area (Å²) in [6.07, 6.45) is -2.75. The third-order valence-electron chi connectivity index (χ3n) is 8.04. The van der Waals surface area contributed by atoms with Gasteiger partial charge in [-0.05, 0) is 74.4 Å². The number of amides is 1. The van der Waals surface area contributed by atoms with E-state index in [0.717, 1.165) is 12.1 Å². The maximum absolute atomic E-state index is 13.3. The number of esters is 3. The van der Waals surface area contributed by atoms with Crippen molar-refractivity contribution < 1.29 is 46.6 Å². The highest BCUT2D eigenvalue weighted by Gasteiger charge is 2.52. The lowest BCUT2D eigenvalue weighted by molar-refractivity contribution is -0.171. The molecule has 1 saturated carbocycles. The molecule has 1 N–H and O–H groups in total. The molecule has 0 radical (unpaired) electrons. The first-order valence-electron chi connectivity index (χ1n) is 15.1. The molecule has 4 rings (SSSR count). The van der Waals surface area contributed by atoms with Gasteiger partial charge in [-0.15, -0.1) is 0 Å². The van der Waals surface area contributed by atoms with Gasteiger partial charge in [0.1, 0.15) is 6.61 Å². The van der Waals surface area contributed by atoms with Gasteiger partial charge in [-0.2, -0.15) is 13.2 Å². The predicted octanol–water partition coefficient (Wildman–Crippen LogP) is 6.27. The average molecular weight is 640 g/mol. The van der Waals surface area contributed by atoms with Crippen molar-refractivity contribution in [2.24, 2.45) is 5.92 Å². The Morgan fingerprint density at radius 2 is 1.28 bits per heavy atom. The highest BCUT2D eigenvalue weighted by Crippen LogP contribution is 2.33. The number of hydrogen-bond donors (Lipinski definition) is 1. The van der Waals surface area contributed by atoms with Gasteiger partial charge in [0.05, 0.1) is 24.7 Å². The average Bonchev–Trinajstić information content (AvgIpc) is 3.05. The Morgan fingerprint density at radius 3 is 1.85 bits per heavy atom. The largest absolute Gasteiger partial charge is 0.465 e. The lowest BCUT2D eigenvalue weighted by Crippen LogP contribution is -2.50. The molecule has 0 aliphatic heterocycles. The molecule has 3 aromatic rings. The smallest absolute Gasteiger partial charge is 0.416 e. The second kappa shape index (κ2) is 15.1. The van der Waals surface area contributed by atoms with E-state index in [9.17, 15) is 32.3 Å². The molecule has 3 aromatic carbocycles. The van der Waals surface area contributed by atoms with Gasteiger partial charge in [0, 0.05) is 11.6 Å². The molecule has 0 heterocycles. The Morgan fingerprint density at radius 1 is 0.717 bits per heavy atom. The molecule has 8 nitrogen and oxygen atoms in total. The van der Waals surface area contributed by atoms with Crippen LogP contribution in [0.3, 0.4) is 0 Å². The SMILES string of the molecule is CCOC(=O)C(COC(=O)C1CCC(NC(=O)c2ccccc2-c2ccc(C(F)(F)F)cc2)CC1)(C(=O)OCC)c1ccccc1. The zero-order chi connectivity index (χ0) is 33.3. The monoisotopic (exact) mass is 639 g/mol. The standard InChI is InChI=1S/C35H36F3NO7/c1-3-44-32(42)34(33(43)45-4-2,25-10-6-5-7-11-25)22-46-31(41)24-16-20-27(21-17-24)39-30(40)29-13-9-8-12-28(29)23-14-18-26(19-15-23)35(36,37)38/h5-15,18-19,24,27H,3-4,16-17,20-22H2,1-2H3,(H,39,40). The summed E-state index contributed by atoms with van der Waals surface area (Å²) in [5, 5.41) is 2.98. The van der Waals surface area contributed by atoms with E-state index in [1.54, 1.807) is 68.4 Å². The van der Waals surface area contributed by atoms with Crippen molar-refractivity contribution in [3.8, 4) is 11.1 Å². The quantitative estimate of drug-likeness (QED) is 0.150. The molecule has 0 spiro atoms. The summed E-state index contributed by atoms with van der Waals surface area (Å²) in [7, 11) is 0. The van der Waals surface area contributed by atoms with Crippen LogP contribution >= 0.6 is 0 Å². The molecule has 0 bridgehead atoms. The normalized spacial score (nSPS) is 16.6. The molecule has 0 unspecified atom stereocenters. The highest BCUT2D eigenvalue weighted by molar-refractivity contribution is 6.07. The van der Waals surface area contributed by atoms with E-state index < -0.39 is 47.6 Å². The zero-order valence-electron chi connectivity index (χ0n) is 25.6. The molecule has 0 atom stereocenters. The van der Waals surface area contributed by atoms with Crippen LogP contribution < -0.4 is 5.32 Å². The molecular weight excluding hydrogens is 603 g/mol. The third-order valence-corrected chi connectivity index (χ3v) is 8.04. The summed E-state index contributed by atoms with van der Waals surface area (Å²) in [6, 6.07) is 19.2. The van der Waals surface area contributed by atoms with Gasteiger partial charge in [0.2, 0.25) is 5.41 Å². The van der Waals surface area contributed by atoms with Gasteiger partial charge in [0.25, 0.3) is 5.91 Å². The Bertz CT molecular complexity index is 1500. The van der Waals surface area contributed by atoms with Gasteiger partial charge >= 0.3 is 24.1 Å². The summed E-state index contributed by atoms with van der Waals surface area (Å²) >= 11 is 0. The summed E-state index contributed by atoms with van der Waals surface area (Å²) in [5.41, 5.74) is -1.20. The van der Waals surface area contributed by atoms with E-state index in [1.165, 1.54) is 12.1 Å². The molecule has 1 aliphatic rings. The number of hydrogen-bond acceptors (Lipinski definition) is 7. The van der Waals surface area contributed by atoms with Crippen molar-refractivity contribution in [1.82, 2.24) is 5.32 Å². The highest BCUT2D eigenvalue weighted by atomic mass is 19.4. The van der Waals surface area contributed by atoms with Crippen LogP contribution in [0, 0.1) is 5.92 Å². The number of carbonyl (C=O) groups is 4. The van der Waals surface area contributed by atoms with Crippen LogP contribution in [0.1, 0.15) is 61.0 Å². The Labute approximate surface area is 265 Å². The van der Waals surface area contributed by atoms with Crippen LogP contribution in [0.5, 0.6) is 0 Å². The number of halogens is 3. The van der Waals surface area contributed by atoms with E-state index in [-0.39, 0.29) is 30.7 Å². The van der Waals surface area contributed by atoms with Crippen LogP contribution in [0.4, 0.5) is 13.2 Å². The number of alkyl halides is 3. The first-order chi connectivity index (χ1) is 22.0. The maximum Gasteiger partial charge on any atom is 0.416 e. The minimum Gasteiger partial charge on any atom is -0.465 e. The molecule has 46 heavy (non-hydrogen) atoms. The summed E-state index contributed by atoms with van der Waals surface area (Å²) in [5.74, 6) is -3.24. The van der Waals surface area contributed by atoms with E-state index >= 15 is 0 Å². The molecule has 1 aliphatic carbocycles. The number of carbonyl (C=O) groups excluding carboxylic acids is 4. The minimum atomic E-state index is -4.46. The van der Waals surface area contributed by atoms with Crippen molar-refractivity contribution in [1.29, 1.82) is 0 Å². The molecule has 1 fully saturated rings. The fourth-order valence-corrected chi connectivity index (χ4v) is 5.56. The van der Waals surface area contributed by atoms with Gasteiger partial charge in [-0.1, -0.05) is 60.7 Å². The second-order valence-corrected chi connectivity index (χ2v) is 11.0. The predicted molar refractivity (Wildman–Crippen MR) is 162 cm³/mol. The number of ether oxygens (including phenoxy) is 3. The van der Waals surface area contributed by atoms with Crippen LogP contribution in [0.2, 0.25) is 0 Å². The van der Waals surface area contributed by atoms with E-state index in [2.05, 4.69) is 5.32 Å². The van der Waals surface area contributed by atoms with Crippen molar-refractivity contribution in [2.75, 3.05) is 19.8 Å². The number of rotatable bonds is 11. The Balaban J connectivity index is 1.40. The zero-order valence-corrected chi connectivity index (χ0v) is 25.6. The van der Waals surface area contributed by atoms with Crippen LogP contribution in [0.15, 0.2) is 78.9 Å². The third kappa shape index (κ3) is 7.75. The molecule has 11 heteroatoms. The van der Waals surface area contributed by atoms with Gasteiger partial charge in [-0.3, -0.25) is 19.2 Å². The number of benzene rings is 3. The first-order valence-corrected chi connectivity index (χ1v) is 15.1.